The number of carbonyl (C=O) groups excluding carboxylic acids is 2. The number of aryl methyl sites for hydroxylation is 1. The van der Waals surface area contributed by atoms with Gasteiger partial charge in [0, 0.05) is 74.9 Å². The smallest absolute Gasteiger partial charge is 0.390 e. The predicted molar refractivity (Wildman–Crippen MR) is 245 cm³/mol. The molecule has 2 aromatic carbocycles. The minimum atomic E-state index is -1.00. The second-order valence-corrected chi connectivity index (χ2v) is 19.7. The van der Waals surface area contributed by atoms with E-state index in [-0.39, 0.29) is 64.8 Å². The van der Waals surface area contributed by atoms with Crippen LogP contribution < -0.4 is 31.0 Å². The highest BCUT2D eigenvalue weighted by Crippen LogP contribution is 2.45. The predicted octanol–water partition coefficient (Wildman–Crippen LogP) is 3.37. The van der Waals surface area contributed by atoms with E-state index in [0.29, 0.717) is 5.92 Å². The quantitative estimate of drug-likeness (QED) is 0.167. The molecule has 4 fully saturated rings. The third kappa shape index (κ3) is 8.45. The molecule has 4 N–H and O–H groups in total. The van der Waals surface area contributed by atoms with E-state index in [9.17, 15) is 19.5 Å². The van der Waals surface area contributed by atoms with Gasteiger partial charge in [-0.25, -0.2) is 4.90 Å². The van der Waals surface area contributed by atoms with Crippen LogP contribution in [0.3, 0.4) is 0 Å². The van der Waals surface area contributed by atoms with E-state index in [0.717, 1.165) is 110 Å². The summed E-state index contributed by atoms with van der Waals surface area (Å²) < 4.78 is 16.3. The molecule has 63 heavy (non-hydrogen) atoms. The Morgan fingerprint density at radius 2 is 1.89 bits per heavy atom. The fourth-order valence-electron chi connectivity index (χ4n) is 10.7. The SMILES string of the molecule is CNC(=O)COc1cc2cc(NC3C(Cl)C=NC(=[N+]4CCCC5(CN(CC6CC(Oc7ccc(C(C)(C)O)cc7C7=CN(C)C(=O)C8NCCC78)C6)C5)C4)N3C)ccc2n(C)c1=O. The number of ether oxygens (including phenoxy) is 2. The summed E-state index contributed by atoms with van der Waals surface area (Å²) in [7, 11) is 7.07. The van der Waals surface area contributed by atoms with E-state index in [4.69, 9.17) is 26.1 Å². The van der Waals surface area contributed by atoms with Crippen molar-refractivity contribution in [1.29, 1.82) is 0 Å². The molecule has 4 atom stereocenters. The van der Waals surface area contributed by atoms with Gasteiger partial charge in [-0.15, -0.1) is 11.6 Å². The van der Waals surface area contributed by atoms with Crippen LogP contribution in [0.5, 0.6) is 11.5 Å². The van der Waals surface area contributed by atoms with Crippen LogP contribution in [0.4, 0.5) is 5.69 Å². The van der Waals surface area contributed by atoms with Crippen LogP contribution in [0.25, 0.3) is 16.5 Å². The van der Waals surface area contributed by atoms with Crippen molar-refractivity contribution in [3.05, 3.63) is 70.1 Å². The first-order valence-corrected chi connectivity index (χ1v) is 22.8. The molecule has 2 amide bonds. The molecule has 6 aliphatic rings. The molecular weight excluding hydrogens is 822 g/mol. The van der Waals surface area contributed by atoms with E-state index >= 15 is 0 Å². The van der Waals surface area contributed by atoms with Gasteiger partial charge >= 0.3 is 5.96 Å². The standard InChI is InChI=1S/C47H60ClN9O6/c1-46(2,61)30-8-11-38(34(20-30)35-23-53(4)44(60)41-33(35)12-14-50-41)63-32-16-28(17-32)22-56-25-47(26-56)13-7-15-57(27-47)45-51-21-36(48)42(55(45)6)52-31-9-10-37-29(18-31)19-39(43(59)54(37)5)62-24-40(58)49-3/h8-11,18-21,23,28,32-33,36,41-42,50,52,61H,7,12-17,22,24-27H2,1-6H3/p+1. The number of halogens is 1. The van der Waals surface area contributed by atoms with Gasteiger partial charge in [-0.05, 0) is 106 Å². The van der Waals surface area contributed by atoms with Gasteiger partial charge in [-0.2, -0.15) is 0 Å². The number of fused-ring (bicyclic) bond motifs is 2. The number of aromatic nitrogens is 1. The molecule has 336 valence electrons. The fraction of sp³-hybridized carbons (Fsp3) is 0.553. The van der Waals surface area contributed by atoms with E-state index in [2.05, 4.69) is 36.4 Å². The monoisotopic (exact) mass is 882 g/mol. The van der Waals surface area contributed by atoms with Crippen LogP contribution in [0.15, 0.2) is 58.5 Å². The number of likely N-dealkylation sites (N-methyl/N-ethyl adjacent to an activating group) is 2. The first-order chi connectivity index (χ1) is 30.1. The van der Waals surface area contributed by atoms with Gasteiger partial charge in [0.2, 0.25) is 5.91 Å². The van der Waals surface area contributed by atoms with E-state index in [1.54, 1.807) is 31.9 Å². The van der Waals surface area contributed by atoms with E-state index in [1.165, 1.54) is 18.0 Å². The Labute approximate surface area is 373 Å². The number of hydrogen-bond donors (Lipinski definition) is 4. The highest BCUT2D eigenvalue weighted by Gasteiger charge is 2.49. The number of alkyl halides is 1. The van der Waals surface area contributed by atoms with Crippen molar-refractivity contribution in [3.63, 3.8) is 0 Å². The van der Waals surface area contributed by atoms with Crippen LogP contribution in [-0.4, -0.2) is 144 Å². The molecule has 3 saturated heterocycles. The number of aliphatic imine (C=N–C) groups is 1. The summed E-state index contributed by atoms with van der Waals surface area (Å²) in [4.78, 5) is 49.0. The van der Waals surface area contributed by atoms with Crippen LogP contribution in [0.1, 0.15) is 57.1 Å². The van der Waals surface area contributed by atoms with Gasteiger partial charge < -0.3 is 44.9 Å². The van der Waals surface area contributed by atoms with Crippen LogP contribution >= 0.6 is 11.6 Å². The molecule has 16 heteroatoms. The topological polar surface area (TPSA) is 156 Å². The van der Waals surface area contributed by atoms with E-state index < -0.39 is 5.60 Å². The Kier molecular flexibility index (Phi) is 11.6. The van der Waals surface area contributed by atoms with Crippen LogP contribution in [0.2, 0.25) is 0 Å². The van der Waals surface area contributed by atoms with Crippen molar-refractivity contribution in [1.82, 2.24) is 29.9 Å². The Balaban J connectivity index is 0.819. The number of guanidine groups is 1. The van der Waals surface area contributed by atoms with Gasteiger partial charge in [-0.3, -0.25) is 19.0 Å². The number of nitrogens with zero attached hydrogens (tertiary/aromatic N) is 6. The maximum Gasteiger partial charge on any atom is 0.390 e. The average Bonchev–Trinajstić information content (AvgIpc) is 3.73. The fourth-order valence-corrected chi connectivity index (χ4v) is 11.0. The molecule has 4 unspecified atom stereocenters. The molecule has 15 nitrogen and oxygen atoms in total. The molecule has 5 aliphatic heterocycles. The maximum absolute atomic E-state index is 13.0. The summed E-state index contributed by atoms with van der Waals surface area (Å²) in [5.41, 5.74) is 3.38. The molecular formula is C47H61ClN9O6+. The van der Waals surface area contributed by atoms with Crippen molar-refractivity contribution in [2.24, 2.45) is 29.3 Å². The number of hydrogen-bond acceptors (Lipinski definition) is 9. The summed E-state index contributed by atoms with van der Waals surface area (Å²) in [5.74, 6) is 2.27. The first kappa shape index (κ1) is 43.3. The van der Waals surface area contributed by atoms with Crippen LogP contribution in [-0.2, 0) is 22.2 Å². The summed E-state index contributed by atoms with van der Waals surface area (Å²) in [6.07, 6.45) is 8.83. The molecule has 1 spiro atoms. The second-order valence-electron chi connectivity index (χ2n) is 19.2. The Bertz CT molecular complexity index is 2450. The number of nitrogens with one attached hydrogen (secondary N) is 3. The van der Waals surface area contributed by atoms with Crippen molar-refractivity contribution in [2.45, 2.75) is 75.2 Å². The van der Waals surface area contributed by atoms with Crippen molar-refractivity contribution >= 4 is 57.8 Å². The number of amides is 2. The molecule has 1 saturated carbocycles. The van der Waals surface area contributed by atoms with Crippen LogP contribution in [0, 0.1) is 17.3 Å². The highest BCUT2D eigenvalue weighted by atomic mass is 35.5. The zero-order chi connectivity index (χ0) is 44.4. The minimum absolute atomic E-state index is 0.0745. The average molecular weight is 884 g/mol. The largest absolute Gasteiger partial charge is 0.490 e. The molecule has 1 aliphatic carbocycles. The first-order valence-electron chi connectivity index (χ1n) is 22.3. The lowest BCUT2D eigenvalue weighted by Crippen LogP contribution is -2.64. The number of likely N-dealkylation sites (tertiary alicyclic amines) is 1. The van der Waals surface area contributed by atoms with Crippen molar-refractivity contribution in [3.8, 4) is 11.5 Å². The van der Waals surface area contributed by atoms with Gasteiger partial charge in [-0.1, -0.05) is 11.1 Å². The number of pyridine rings is 1. The zero-order valence-electron chi connectivity index (χ0n) is 37.2. The second kappa shape index (κ2) is 16.9. The molecule has 1 aromatic heterocycles. The molecule has 9 rings (SSSR count). The lowest BCUT2D eigenvalue weighted by atomic mass is 9.72. The lowest BCUT2D eigenvalue weighted by Gasteiger charge is -2.54. The molecule has 0 radical (unpaired) electrons. The summed E-state index contributed by atoms with van der Waals surface area (Å²) >= 11 is 6.91. The maximum atomic E-state index is 13.0. The lowest BCUT2D eigenvalue weighted by molar-refractivity contribution is -0.565. The normalized spacial score (nSPS) is 28.1. The number of benzene rings is 2. The van der Waals surface area contributed by atoms with Crippen molar-refractivity contribution in [2.75, 3.05) is 72.3 Å². The minimum Gasteiger partial charge on any atom is -0.490 e. The number of piperidine rings is 1. The van der Waals surface area contributed by atoms with E-state index in [1.807, 2.05) is 56.8 Å². The van der Waals surface area contributed by atoms with Gasteiger partial charge in [0.15, 0.2) is 18.5 Å². The summed E-state index contributed by atoms with van der Waals surface area (Å²) in [6, 6.07) is 13.3. The molecule has 0 bridgehead atoms. The Hall–Kier alpha value is -4.96. The number of carbonyl (C=O) groups is 2. The molecule has 6 heterocycles. The summed E-state index contributed by atoms with van der Waals surface area (Å²) in [5, 5.41) is 20.9. The van der Waals surface area contributed by atoms with Gasteiger partial charge in [0.05, 0.1) is 43.4 Å². The van der Waals surface area contributed by atoms with Gasteiger partial charge in [0.25, 0.3) is 11.5 Å². The highest BCUT2D eigenvalue weighted by molar-refractivity contribution is 6.30. The number of rotatable bonds is 11. The number of aliphatic hydroxyl groups is 1. The molecule has 3 aromatic rings. The van der Waals surface area contributed by atoms with Gasteiger partial charge in [0.1, 0.15) is 17.3 Å². The Morgan fingerprint density at radius 1 is 1.10 bits per heavy atom. The summed E-state index contributed by atoms with van der Waals surface area (Å²) in [6.45, 7) is 9.24. The number of anilines is 1. The third-order valence-electron chi connectivity index (χ3n) is 14.1. The van der Waals surface area contributed by atoms with Crippen molar-refractivity contribution < 1.29 is 28.7 Å². The zero-order valence-corrected chi connectivity index (χ0v) is 38.0. The third-order valence-corrected chi connectivity index (χ3v) is 14.5. The Morgan fingerprint density at radius 3 is 2.65 bits per heavy atom.